The third kappa shape index (κ3) is 3.35. The van der Waals surface area contributed by atoms with E-state index in [-0.39, 0.29) is 39.7 Å². The first-order valence-electron chi connectivity index (χ1n) is 6.49. The van der Waals surface area contributed by atoms with E-state index >= 15 is 0 Å². The number of ether oxygens (including phenoxy) is 2. The highest BCUT2D eigenvalue weighted by Gasteiger charge is 2.23. The largest absolute Gasteiger partial charge is 0.454 e. The van der Waals surface area contributed by atoms with Crippen LogP contribution in [0.2, 0.25) is 5.02 Å². The van der Waals surface area contributed by atoms with E-state index in [2.05, 4.69) is 5.32 Å². The quantitative estimate of drug-likeness (QED) is 0.810. The number of carbonyl (C=O) groups is 1. The molecule has 0 spiro atoms. The molecule has 0 bridgehead atoms. The number of fused-ring (bicyclic) bond motifs is 1. The van der Waals surface area contributed by atoms with Crippen LogP contribution in [0.3, 0.4) is 0 Å². The summed E-state index contributed by atoms with van der Waals surface area (Å²) in [6, 6.07) is 9.45. The Morgan fingerprint density at radius 1 is 1.22 bits per heavy atom. The summed E-state index contributed by atoms with van der Waals surface area (Å²) in [5, 5.41) is 2.73. The van der Waals surface area contributed by atoms with Crippen molar-refractivity contribution in [1.29, 1.82) is 0 Å². The van der Waals surface area contributed by atoms with Gasteiger partial charge in [-0.05, 0) is 24.3 Å². The minimum absolute atomic E-state index is 0.0310. The molecule has 1 aliphatic heterocycles. The normalized spacial score (nSPS) is 12.5. The van der Waals surface area contributed by atoms with Gasteiger partial charge in [-0.25, -0.2) is 0 Å². The Morgan fingerprint density at radius 2 is 2.00 bits per heavy atom. The highest BCUT2D eigenvalue weighted by molar-refractivity contribution is 7.99. The van der Waals surface area contributed by atoms with Gasteiger partial charge in [0.1, 0.15) is 0 Å². The summed E-state index contributed by atoms with van der Waals surface area (Å²) < 4.78 is 35.8. The zero-order valence-corrected chi connectivity index (χ0v) is 13.1. The summed E-state index contributed by atoms with van der Waals surface area (Å²) in [5.74, 6) is -2.35. The van der Waals surface area contributed by atoms with Gasteiger partial charge in [-0.1, -0.05) is 35.5 Å². The molecule has 2 aromatic rings. The number of anilines is 1. The van der Waals surface area contributed by atoms with Crippen LogP contribution in [0.5, 0.6) is 11.5 Å². The standard InChI is InChI=1S/C15H10ClF2NO3S/c16-9-4-2-5-10(13(9)23-15(17)18)19-14(20)8-3-1-6-11-12(8)22-7-21-11/h1-6,15H,7H2,(H,19,20). The second kappa shape index (κ2) is 6.64. The molecule has 120 valence electrons. The first-order chi connectivity index (χ1) is 11.1. The van der Waals surface area contributed by atoms with Gasteiger partial charge in [0.15, 0.2) is 11.5 Å². The molecule has 1 heterocycles. The monoisotopic (exact) mass is 357 g/mol. The van der Waals surface area contributed by atoms with E-state index in [4.69, 9.17) is 21.1 Å². The highest BCUT2D eigenvalue weighted by atomic mass is 35.5. The van der Waals surface area contributed by atoms with Gasteiger partial charge in [-0.15, -0.1) is 0 Å². The van der Waals surface area contributed by atoms with Crippen molar-refractivity contribution < 1.29 is 23.0 Å². The van der Waals surface area contributed by atoms with Crippen molar-refractivity contribution in [3.05, 3.63) is 47.0 Å². The summed E-state index contributed by atoms with van der Waals surface area (Å²) in [4.78, 5) is 12.5. The molecule has 0 atom stereocenters. The maximum absolute atomic E-state index is 12.7. The van der Waals surface area contributed by atoms with Gasteiger partial charge in [-0.3, -0.25) is 4.79 Å². The average molecular weight is 358 g/mol. The van der Waals surface area contributed by atoms with Crippen LogP contribution in [0.25, 0.3) is 0 Å². The molecule has 2 aromatic carbocycles. The molecule has 1 aliphatic rings. The lowest BCUT2D eigenvalue weighted by molar-refractivity contribution is 0.102. The van der Waals surface area contributed by atoms with Gasteiger partial charge in [-0.2, -0.15) is 8.78 Å². The maximum atomic E-state index is 12.7. The minimum Gasteiger partial charge on any atom is -0.454 e. The maximum Gasteiger partial charge on any atom is 0.289 e. The van der Waals surface area contributed by atoms with Crippen molar-refractivity contribution in [3.8, 4) is 11.5 Å². The first kappa shape index (κ1) is 15.9. The molecule has 0 saturated heterocycles. The molecular weight excluding hydrogens is 348 g/mol. The number of nitrogens with one attached hydrogen (secondary N) is 1. The highest BCUT2D eigenvalue weighted by Crippen LogP contribution is 2.39. The minimum atomic E-state index is -2.65. The van der Waals surface area contributed by atoms with Crippen LogP contribution in [0, 0.1) is 0 Å². The topological polar surface area (TPSA) is 47.6 Å². The van der Waals surface area contributed by atoms with Crippen LogP contribution in [-0.4, -0.2) is 18.5 Å². The van der Waals surface area contributed by atoms with E-state index in [1.165, 1.54) is 12.1 Å². The fraction of sp³-hybridized carbons (Fsp3) is 0.133. The number of thioether (sulfide) groups is 1. The molecule has 0 aromatic heterocycles. The summed E-state index contributed by atoms with van der Waals surface area (Å²) in [6.07, 6.45) is 0. The van der Waals surface area contributed by atoms with Crippen LogP contribution >= 0.6 is 23.4 Å². The van der Waals surface area contributed by atoms with Crippen molar-refractivity contribution >= 4 is 35.0 Å². The second-order valence-electron chi connectivity index (χ2n) is 4.49. The Bertz CT molecular complexity index is 757. The molecule has 0 unspecified atom stereocenters. The third-order valence-corrected chi connectivity index (χ3v) is 4.34. The van der Waals surface area contributed by atoms with Crippen LogP contribution in [0.1, 0.15) is 10.4 Å². The van der Waals surface area contributed by atoms with Gasteiger partial charge in [0.25, 0.3) is 11.7 Å². The van der Waals surface area contributed by atoms with Gasteiger partial charge < -0.3 is 14.8 Å². The van der Waals surface area contributed by atoms with Crippen LogP contribution in [-0.2, 0) is 0 Å². The summed E-state index contributed by atoms with van der Waals surface area (Å²) in [7, 11) is 0. The van der Waals surface area contributed by atoms with E-state index in [0.717, 1.165) is 0 Å². The molecule has 1 N–H and O–H groups in total. The van der Waals surface area contributed by atoms with Crippen LogP contribution < -0.4 is 14.8 Å². The second-order valence-corrected chi connectivity index (χ2v) is 5.90. The van der Waals surface area contributed by atoms with Crippen molar-refractivity contribution in [2.24, 2.45) is 0 Å². The average Bonchev–Trinajstić information content (AvgIpc) is 2.98. The fourth-order valence-electron chi connectivity index (χ4n) is 2.11. The SMILES string of the molecule is O=C(Nc1cccc(Cl)c1SC(F)F)c1cccc2c1OCO2. The van der Waals surface area contributed by atoms with Gasteiger partial charge in [0, 0.05) is 0 Å². The summed E-state index contributed by atoms with van der Waals surface area (Å²) >= 11 is 6.22. The zero-order valence-electron chi connectivity index (χ0n) is 11.5. The van der Waals surface area contributed by atoms with Crippen molar-refractivity contribution in [1.82, 2.24) is 0 Å². The summed E-state index contributed by atoms with van der Waals surface area (Å²) in [6.45, 7) is 0.0310. The Labute approximate surface area is 139 Å². The van der Waals surface area contributed by atoms with E-state index < -0.39 is 11.7 Å². The lowest BCUT2D eigenvalue weighted by Crippen LogP contribution is -2.13. The molecule has 0 radical (unpaired) electrons. The Balaban J connectivity index is 1.90. The number of para-hydroxylation sites is 1. The number of carbonyl (C=O) groups excluding carboxylic acids is 1. The van der Waals surface area contributed by atoms with E-state index in [1.54, 1.807) is 24.3 Å². The van der Waals surface area contributed by atoms with Crippen LogP contribution in [0.4, 0.5) is 14.5 Å². The zero-order chi connectivity index (χ0) is 16.4. The van der Waals surface area contributed by atoms with E-state index in [9.17, 15) is 13.6 Å². The number of benzene rings is 2. The van der Waals surface area contributed by atoms with E-state index in [0.29, 0.717) is 11.5 Å². The van der Waals surface area contributed by atoms with Crippen molar-refractivity contribution in [2.75, 3.05) is 12.1 Å². The number of rotatable bonds is 4. The molecule has 0 fully saturated rings. The van der Waals surface area contributed by atoms with Gasteiger partial charge in [0.05, 0.1) is 21.2 Å². The Kier molecular flexibility index (Phi) is 4.58. The Hall–Kier alpha value is -1.99. The van der Waals surface area contributed by atoms with Gasteiger partial charge >= 0.3 is 0 Å². The number of halogens is 3. The number of amides is 1. The Morgan fingerprint density at radius 3 is 2.78 bits per heavy atom. The molecular formula is C15H10ClF2NO3S. The number of hydrogen-bond donors (Lipinski definition) is 1. The van der Waals surface area contributed by atoms with E-state index in [1.807, 2.05) is 0 Å². The smallest absolute Gasteiger partial charge is 0.289 e. The predicted molar refractivity (Wildman–Crippen MR) is 83.8 cm³/mol. The predicted octanol–water partition coefficient (Wildman–Crippen LogP) is 4.64. The van der Waals surface area contributed by atoms with Crippen molar-refractivity contribution in [3.63, 3.8) is 0 Å². The molecule has 1 amide bonds. The molecule has 3 rings (SSSR count). The lowest BCUT2D eigenvalue weighted by Gasteiger charge is -2.12. The number of alkyl halides is 2. The molecule has 4 nitrogen and oxygen atoms in total. The van der Waals surface area contributed by atoms with Crippen molar-refractivity contribution in [2.45, 2.75) is 10.7 Å². The molecule has 0 saturated carbocycles. The van der Waals surface area contributed by atoms with Gasteiger partial charge in [0.2, 0.25) is 6.79 Å². The molecule has 8 heteroatoms. The first-order valence-corrected chi connectivity index (χ1v) is 7.75. The lowest BCUT2D eigenvalue weighted by atomic mass is 10.1. The van der Waals surface area contributed by atoms with Crippen LogP contribution in [0.15, 0.2) is 41.3 Å². The third-order valence-electron chi connectivity index (χ3n) is 3.06. The molecule has 23 heavy (non-hydrogen) atoms. The molecule has 0 aliphatic carbocycles. The number of hydrogen-bond acceptors (Lipinski definition) is 4. The summed E-state index contributed by atoms with van der Waals surface area (Å²) in [5.41, 5.74) is 0.470. The fourth-order valence-corrected chi connectivity index (χ4v) is 3.03.